The van der Waals surface area contributed by atoms with Crippen LogP contribution in [0, 0.1) is 5.82 Å². The molecule has 0 saturated heterocycles. The maximum absolute atomic E-state index is 13.2. The quantitative estimate of drug-likeness (QED) is 0.757. The van der Waals surface area contributed by atoms with Crippen LogP contribution in [0.1, 0.15) is 18.4 Å². The Kier molecular flexibility index (Phi) is 5.42. The summed E-state index contributed by atoms with van der Waals surface area (Å²) in [5.74, 6) is -0.367. The topological polar surface area (TPSA) is 52.6 Å². The van der Waals surface area contributed by atoms with E-state index in [0.717, 1.165) is 18.4 Å². The van der Waals surface area contributed by atoms with Crippen LogP contribution < -0.4 is 5.32 Å². The zero-order valence-corrected chi connectivity index (χ0v) is 13.1. The third kappa shape index (κ3) is 3.78. The number of aliphatic hydroxyl groups is 1. The normalized spacial score (nSPS) is 15.2. The average molecular weight is 327 g/mol. The molecule has 1 aromatic rings. The van der Waals surface area contributed by atoms with Crippen molar-refractivity contribution in [1.82, 2.24) is 10.2 Å². The number of nitrogens with one attached hydrogen (secondary N) is 1. The van der Waals surface area contributed by atoms with E-state index >= 15 is 0 Å². The number of hydrogen-bond acceptors (Lipinski definition) is 2. The number of hydrogen-bond donors (Lipinski definition) is 2. The van der Waals surface area contributed by atoms with Crippen LogP contribution in [0.3, 0.4) is 0 Å². The fourth-order valence-electron chi connectivity index (χ4n) is 2.52. The molecule has 0 heterocycles. The van der Waals surface area contributed by atoms with Gasteiger partial charge >= 0.3 is 6.03 Å². The highest BCUT2D eigenvalue weighted by Crippen LogP contribution is 2.50. The zero-order valence-electron chi connectivity index (χ0n) is 12.3. The van der Waals surface area contributed by atoms with E-state index in [9.17, 15) is 9.18 Å². The van der Waals surface area contributed by atoms with Crippen LogP contribution in [0.2, 0.25) is 5.02 Å². The lowest BCUT2D eigenvalue weighted by molar-refractivity contribution is 0.183. The van der Waals surface area contributed by atoms with Crippen LogP contribution in [0.4, 0.5) is 9.18 Å². The Morgan fingerprint density at radius 1 is 1.55 bits per heavy atom. The van der Waals surface area contributed by atoms with Gasteiger partial charge < -0.3 is 15.3 Å². The van der Waals surface area contributed by atoms with Gasteiger partial charge in [-0.1, -0.05) is 23.7 Å². The van der Waals surface area contributed by atoms with Crippen molar-refractivity contribution in [2.75, 3.05) is 26.2 Å². The van der Waals surface area contributed by atoms with E-state index in [-0.39, 0.29) is 30.4 Å². The molecule has 6 heteroatoms. The van der Waals surface area contributed by atoms with E-state index in [0.29, 0.717) is 18.1 Å². The number of rotatable bonds is 7. The highest BCUT2D eigenvalue weighted by atomic mass is 35.5. The number of urea groups is 1. The lowest BCUT2D eigenvalue weighted by Crippen LogP contribution is -2.44. The van der Waals surface area contributed by atoms with Crippen LogP contribution >= 0.6 is 11.6 Å². The maximum atomic E-state index is 13.2. The summed E-state index contributed by atoms with van der Waals surface area (Å²) < 4.78 is 13.2. The molecule has 1 saturated carbocycles. The molecule has 1 aromatic carbocycles. The summed E-state index contributed by atoms with van der Waals surface area (Å²) in [6.45, 7) is 4.56. The van der Waals surface area contributed by atoms with Crippen LogP contribution in [-0.2, 0) is 5.41 Å². The fraction of sp³-hybridized carbons (Fsp3) is 0.438. The molecule has 0 unspecified atom stereocenters. The standard InChI is InChI=1S/C16H20ClFN2O2/c1-2-7-20(8-9-21)15(22)19-11-16(5-6-16)13-4-3-12(18)10-14(13)17/h2-4,10,21H,1,5-9,11H2,(H,19,22). The summed E-state index contributed by atoms with van der Waals surface area (Å²) in [7, 11) is 0. The van der Waals surface area contributed by atoms with Crippen molar-refractivity contribution in [3.63, 3.8) is 0 Å². The molecule has 0 aromatic heterocycles. The molecule has 2 amide bonds. The van der Waals surface area contributed by atoms with Crippen molar-refractivity contribution in [3.05, 3.63) is 47.3 Å². The van der Waals surface area contributed by atoms with Crippen molar-refractivity contribution >= 4 is 17.6 Å². The Morgan fingerprint density at radius 3 is 2.82 bits per heavy atom. The predicted molar refractivity (Wildman–Crippen MR) is 84.6 cm³/mol. The number of aliphatic hydroxyl groups excluding tert-OH is 1. The van der Waals surface area contributed by atoms with Gasteiger partial charge in [0.05, 0.1) is 6.61 Å². The van der Waals surface area contributed by atoms with Crippen molar-refractivity contribution in [2.45, 2.75) is 18.3 Å². The SMILES string of the molecule is C=CCN(CCO)C(=O)NCC1(c2ccc(F)cc2Cl)CC1. The first-order valence-corrected chi connectivity index (χ1v) is 7.60. The number of benzene rings is 1. The van der Waals surface area contributed by atoms with Crippen molar-refractivity contribution < 1.29 is 14.3 Å². The number of carbonyl (C=O) groups is 1. The number of carbonyl (C=O) groups excluding carboxylic acids is 1. The predicted octanol–water partition coefficient (Wildman–Crippen LogP) is 2.70. The summed E-state index contributed by atoms with van der Waals surface area (Å²) in [5.41, 5.74) is 0.660. The number of amides is 2. The molecule has 0 radical (unpaired) electrons. The van der Waals surface area contributed by atoms with Gasteiger partial charge in [-0.25, -0.2) is 9.18 Å². The van der Waals surface area contributed by atoms with Crippen LogP contribution in [0.15, 0.2) is 30.9 Å². The minimum Gasteiger partial charge on any atom is -0.395 e. The smallest absolute Gasteiger partial charge is 0.317 e. The summed E-state index contributed by atoms with van der Waals surface area (Å²) in [4.78, 5) is 13.6. The van der Waals surface area contributed by atoms with Gasteiger partial charge in [0.2, 0.25) is 0 Å². The molecule has 2 N–H and O–H groups in total. The lowest BCUT2D eigenvalue weighted by atomic mass is 9.96. The van der Waals surface area contributed by atoms with E-state index in [1.54, 1.807) is 12.1 Å². The summed E-state index contributed by atoms with van der Waals surface area (Å²) in [6.07, 6.45) is 3.42. The first-order valence-electron chi connectivity index (χ1n) is 7.22. The van der Waals surface area contributed by atoms with E-state index in [2.05, 4.69) is 11.9 Å². The third-order valence-electron chi connectivity index (χ3n) is 3.94. The highest BCUT2D eigenvalue weighted by molar-refractivity contribution is 6.31. The van der Waals surface area contributed by atoms with Gasteiger partial charge in [0.25, 0.3) is 0 Å². The maximum Gasteiger partial charge on any atom is 0.317 e. The second-order valence-electron chi connectivity index (χ2n) is 5.52. The van der Waals surface area contributed by atoms with Crippen molar-refractivity contribution in [1.29, 1.82) is 0 Å². The van der Waals surface area contributed by atoms with E-state index < -0.39 is 0 Å². The van der Waals surface area contributed by atoms with Gasteiger partial charge in [-0.3, -0.25) is 0 Å². The number of nitrogens with zero attached hydrogens (tertiary/aromatic N) is 1. The Balaban J connectivity index is 2.01. The van der Waals surface area contributed by atoms with Gasteiger partial charge in [-0.05, 0) is 30.5 Å². The molecule has 4 nitrogen and oxygen atoms in total. The molecule has 0 spiro atoms. The Hall–Kier alpha value is -1.59. The second-order valence-corrected chi connectivity index (χ2v) is 5.93. The van der Waals surface area contributed by atoms with E-state index in [1.165, 1.54) is 17.0 Å². The first-order chi connectivity index (χ1) is 10.5. The van der Waals surface area contributed by atoms with Crippen LogP contribution in [0.25, 0.3) is 0 Å². The minimum absolute atomic E-state index is 0.101. The Morgan fingerprint density at radius 2 is 2.27 bits per heavy atom. The molecular formula is C16H20ClFN2O2. The molecule has 1 aliphatic rings. The van der Waals surface area contributed by atoms with Gasteiger partial charge in [-0.15, -0.1) is 6.58 Å². The molecule has 0 atom stereocenters. The third-order valence-corrected chi connectivity index (χ3v) is 4.25. The summed E-state index contributed by atoms with van der Waals surface area (Å²) >= 11 is 6.12. The van der Waals surface area contributed by atoms with Gasteiger partial charge in [0, 0.05) is 30.1 Å². The summed E-state index contributed by atoms with van der Waals surface area (Å²) in [6, 6.07) is 4.12. The molecule has 0 bridgehead atoms. The van der Waals surface area contributed by atoms with E-state index in [4.69, 9.17) is 16.7 Å². The molecule has 22 heavy (non-hydrogen) atoms. The summed E-state index contributed by atoms with van der Waals surface area (Å²) in [5, 5.41) is 12.2. The van der Waals surface area contributed by atoms with Gasteiger partial charge in [0.1, 0.15) is 5.82 Å². The minimum atomic E-state index is -0.367. The lowest BCUT2D eigenvalue weighted by Gasteiger charge is -2.23. The molecular weight excluding hydrogens is 307 g/mol. The zero-order chi connectivity index (χ0) is 16.2. The first kappa shape index (κ1) is 16.8. The molecule has 2 rings (SSSR count). The van der Waals surface area contributed by atoms with E-state index in [1.807, 2.05) is 0 Å². The molecule has 0 aliphatic heterocycles. The monoisotopic (exact) mass is 326 g/mol. The molecule has 1 fully saturated rings. The van der Waals surface area contributed by atoms with Crippen LogP contribution in [0.5, 0.6) is 0 Å². The highest BCUT2D eigenvalue weighted by Gasteiger charge is 2.45. The molecule has 120 valence electrons. The van der Waals surface area contributed by atoms with Crippen molar-refractivity contribution in [2.24, 2.45) is 0 Å². The molecule has 1 aliphatic carbocycles. The van der Waals surface area contributed by atoms with Gasteiger partial charge in [-0.2, -0.15) is 0 Å². The second kappa shape index (κ2) is 7.11. The average Bonchev–Trinajstić information content (AvgIpc) is 3.25. The fourth-order valence-corrected chi connectivity index (χ4v) is 2.89. The van der Waals surface area contributed by atoms with Gasteiger partial charge in [0.15, 0.2) is 0 Å². The van der Waals surface area contributed by atoms with Crippen LogP contribution in [-0.4, -0.2) is 42.3 Å². The Labute approximate surface area is 134 Å². The largest absolute Gasteiger partial charge is 0.395 e. The number of halogens is 2. The Bertz CT molecular complexity index is 561. The van der Waals surface area contributed by atoms with Crippen molar-refractivity contribution in [3.8, 4) is 0 Å².